The van der Waals surface area contributed by atoms with Gasteiger partial charge in [-0.2, -0.15) is 0 Å². The second-order valence-electron chi connectivity index (χ2n) is 5.17. The summed E-state index contributed by atoms with van der Waals surface area (Å²) < 4.78 is 1.09. The molecule has 1 aliphatic heterocycles. The minimum atomic E-state index is 0. The standard InChI is InChI=1S/C13H18N4OS2.2ClH/c1-17(2)13-16-12-10(20-13)7-9(19-12)11(18)15-8-3-5-14-6-4-8;;/h7-8,14H,3-6H2,1-2H3,(H,15,18);2*1H. The van der Waals surface area contributed by atoms with E-state index < -0.39 is 0 Å². The molecule has 2 N–H and O–H groups in total. The summed E-state index contributed by atoms with van der Waals surface area (Å²) in [6.45, 7) is 1.97. The van der Waals surface area contributed by atoms with E-state index in [-0.39, 0.29) is 30.7 Å². The Morgan fingerprint density at radius 2 is 2.00 bits per heavy atom. The Labute approximate surface area is 150 Å². The zero-order valence-corrected chi connectivity index (χ0v) is 15.7. The molecular formula is C13H20Cl2N4OS2. The van der Waals surface area contributed by atoms with E-state index in [0.29, 0.717) is 6.04 Å². The molecule has 1 amide bonds. The lowest BCUT2D eigenvalue weighted by atomic mass is 10.1. The normalized spacial score (nSPS) is 15.0. The number of amides is 1. The maximum absolute atomic E-state index is 12.2. The van der Waals surface area contributed by atoms with Gasteiger partial charge in [-0.3, -0.25) is 4.79 Å². The molecule has 9 heteroatoms. The van der Waals surface area contributed by atoms with E-state index >= 15 is 0 Å². The van der Waals surface area contributed by atoms with Gasteiger partial charge in [0.15, 0.2) is 5.13 Å². The largest absolute Gasteiger partial charge is 0.354 e. The molecule has 0 radical (unpaired) electrons. The molecule has 0 spiro atoms. The Morgan fingerprint density at radius 3 is 2.59 bits per heavy atom. The lowest BCUT2D eigenvalue weighted by Gasteiger charge is -2.23. The van der Waals surface area contributed by atoms with Crippen molar-refractivity contribution in [1.82, 2.24) is 15.6 Å². The molecule has 2 aromatic rings. The van der Waals surface area contributed by atoms with Crippen LogP contribution >= 0.6 is 47.5 Å². The first-order chi connectivity index (χ1) is 9.63. The number of aromatic nitrogens is 1. The number of thiazole rings is 1. The van der Waals surface area contributed by atoms with Crippen LogP contribution < -0.4 is 15.5 Å². The number of hydrogen-bond acceptors (Lipinski definition) is 6. The lowest BCUT2D eigenvalue weighted by Crippen LogP contribution is -2.42. The van der Waals surface area contributed by atoms with Gasteiger partial charge in [-0.05, 0) is 32.0 Å². The SMILES string of the molecule is CN(C)c1nc2sc(C(=O)NC3CCNCC3)cc2s1.Cl.Cl. The average Bonchev–Trinajstić information content (AvgIpc) is 2.97. The van der Waals surface area contributed by atoms with Gasteiger partial charge in [-0.15, -0.1) is 36.2 Å². The van der Waals surface area contributed by atoms with Gasteiger partial charge in [0.25, 0.3) is 5.91 Å². The first-order valence-electron chi connectivity index (χ1n) is 6.73. The molecule has 3 rings (SSSR count). The number of hydrogen-bond donors (Lipinski definition) is 2. The zero-order chi connectivity index (χ0) is 14.1. The molecule has 1 fully saturated rings. The van der Waals surface area contributed by atoms with E-state index in [4.69, 9.17) is 0 Å². The molecule has 0 atom stereocenters. The van der Waals surface area contributed by atoms with Crippen LogP contribution in [-0.2, 0) is 0 Å². The molecule has 3 heterocycles. The van der Waals surface area contributed by atoms with Crippen molar-refractivity contribution in [2.75, 3.05) is 32.1 Å². The molecule has 124 valence electrons. The third-order valence-electron chi connectivity index (χ3n) is 3.36. The summed E-state index contributed by atoms with van der Waals surface area (Å²) in [5.74, 6) is 0.0403. The molecule has 1 saturated heterocycles. The van der Waals surface area contributed by atoms with Crippen LogP contribution in [0.15, 0.2) is 6.07 Å². The number of piperidine rings is 1. The molecule has 0 unspecified atom stereocenters. The summed E-state index contributed by atoms with van der Waals surface area (Å²) in [6, 6.07) is 2.26. The molecule has 0 aromatic carbocycles. The van der Waals surface area contributed by atoms with Gasteiger partial charge in [-0.25, -0.2) is 4.98 Å². The number of carbonyl (C=O) groups excluding carboxylic acids is 1. The van der Waals surface area contributed by atoms with Crippen LogP contribution in [-0.4, -0.2) is 44.1 Å². The first-order valence-corrected chi connectivity index (χ1v) is 8.36. The zero-order valence-electron chi connectivity index (χ0n) is 12.4. The molecule has 22 heavy (non-hydrogen) atoms. The lowest BCUT2D eigenvalue weighted by molar-refractivity contribution is 0.0934. The number of nitrogens with zero attached hydrogens (tertiary/aromatic N) is 2. The Hall–Kier alpha value is -0.600. The van der Waals surface area contributed by atoms with Crippen molar-refractivity contribution in [1.29, 1.82) is 0 Å². The fourth-order valence-electron chi connectivity index (χ4n) is 2.25. The number of fused-ring (bicyclic) bond motifs is 1. The monoisotopic (exact) mass is 382 g/mol. The highest BCUT2D eigenvalue weighted by Crippen LogP contribution is 2.33. The highest BCUT2D eigenvalue weighted by Gasteiger charge is 2.19. The van der Waals surface area contributed by atoms with Crippen molar-refractivity contribution in [2.24, 2.45) is 0 Å². The van der Waals surface area contributed by atoms with Crippen LogP contribution in [0.25, 0.3) is 9.53 Å². The van der Waals surface area contributed by atoms with Crippen molar-refractivity contribution < 1.29 is 4.79 Å². The quantitative estimate of drug-likeness (QED) is 0.856. The van der Waals surface area contributed by atoms with E-state index in [1.165, 1.54) is 11.3 Å². The summed E-state index contributed by atoms with van der Waals surface area (Å²) >= 11 is 3.10. The van der Waals surface area contributed by atoms with E-state index in [0.717, 1.165) is 45.5 Å². The maximum Gasteiger partial charge on any atom is 0.261 e. The Morgan fingerprint density at radius 1 is 1.32 bits per heavy atom. The number of thiophene rings is 1. The van der Waals surface area contributed by atoms with Gasteiger partial charge in [0.05, 0.1) is 9.58 Å². The molecule has 2 aromatic heterocycles. The van der Waals surface area contributed by atoms with Crippen LogP contribution in [0.1, 0.15) is 22.5 Å². The molecule has 0 saturated carbocycles. The second-order valence-corrected chi connectivity index (χ2v) is 7.21. The molecule has 1 aliphatic rings. The van der Waals surface area contributed by atoms with Crippen molar-refractivity contribution in [3.05, 3.63) is 10.9 Å². The highest BCUT2D eigenvalue weighted by atomic mass is 35.5. The van der Waals surface area contributed by atoms with E-state index in [9.17, 15) is 4.79 Å². The number of halogens is 2. The van der Waals surface area contributed by atoms with Crippen molar-refractivity contribution in [3.63, 3.8) is 0 Å². The third-order valence-corrected chi connectivity index (χ3v) is 5.69. The minimum absolute atomic E-state index is 0. The minimum Gasteiger partial charge on any atom is -0.354 e. The van der Waals surface area contributed by atoms with Crippen LogP contribution in [0.5, 0.6) is 0 Å². The smallest absolute Gasteiger partial charge is 0.261 e. The fourth-order valence-corrected chi connectivity index (χ4v) is 4.29. The Balaban J connectivity index is 0.00000121. The molecule has 0 bridgehead atoms. The predicted molar refractivity (Wildman–Crippen MR) is 99.7 cm³/mol. The van der Waals surface area contributed by atoms with E-state index in [1.54, 1.807) is 11.3 Å². The number of anilines is 1. The van der Waals surface area contributed by atoms with Crippen LogP contribution in [0.3, 0.4) is 0 Å². The number of nitrogens with one attached hydrogen (secondary N) is 2. The number of carbonyl (C=O) groups is 1. The fraction of sp³-hybridized carbons (Fsp3) is 0.538. The molecule has 0 aliphatic carbocycles. The van der Waals surface area contributed by atoms with Crippen molar-refractivity contribution in [3.8, 4) is 0 Å². The number of rotatable bonds is 3. The second kappa shape index (κ2) is 8.31. The molecule has 5 nitrogen and oxygen atoms in total. The maximum atomic E-state index is 12.2. The first kappa shape index (κ1) is 19.4. The van der Waals surface area contributed by atoms with Gasteiger partial charge >= 0.3 is 0 Å². The summed E-state index contributed by atoms with van der Waals surface area (Å²) in [5, 5.41) is 7.40. The highest BCUT2D eigenvalue weighted by molar-refractivity contribution is 7.29. The van der Waals surface area contributed by atoms with Crippen molar-refractivity contribution >= 4 is 68.1 Å². The van der Waals surface area contributed by atoms with Gasteiger partial charge in [0, 0.05) is 20.1 Å². The van der Waals surface area contributed by atoms with Crippen LogP contribution in [0.4, 0.5) is 5.13 Å². The van der Waals surface area contributed by atoms with E-state index in [2.05, 4.69) is 15.6 Å². The topological polar surface area (TPSA) is 57.3 Å². The van der Waals surface area contributed by atoms with Crippen LogP contribution in [0, 0.1) is 0 Å². The Bertz CT molecular complexity index is 591. The van der Waals surface area contributed by atoms with Gasteiger partial charge < -0.3 is 15.5 Å². The van der Waals surface area contributed by atoms with Gasteiger partial charge in [-0.1, -0.05) is 11.3 Å². The third kappa shape index (κ3) is 4.23. The van der Waals surface area contributed by atoms with Crippen molar-refractivity contribution in [2.45, 2.75) is 18.9 Å². The van der Waals surface area contributed by atoms with Crippen LogP contribution in [0.2, 0.25) is 0 Å². The summed E-state index contributed by atoms with van der Waals surface area (Å²) in [7, 11) is 3.96. The van der Waals surface area contributed by atoms with Gasteiger partial charge in [0.1, 0.15) is 4.83 Å². The average molecular weight is 383 g/mol. The van der Waals surface area contributed by atoms with Gasteiger partial charge in [0.2, 0.25) is 0 Å². The Kier molecular flexibility index (Phi) is 7.34. The van der Waals surface area contributed by atoms with E-state index in [1.807, 2.05) is 25.1 Å². The summed E-state index contributed by atoms with van der Waals surface area (Å²) in [6.07, 6.45) is 2.02. The summed E-state index contributed by atoms with van der Waals surface area (Å²) in [5.41, 5.74) is 0. The molecular weight excluding hydrogens is 363 g/mol. The predicted octanol–water partition coefficient (Wildman–Crippen LogP) is 2.75. The summed E-state index contributed by atoms with van der Waals surface area (Å²) in [4.78, 5) is 20.5.